The molecule has 1 saturated carbocycles. The molecular formula is C19H27N3O3. The molecule has 1 aromatic carbocycles. The molecule has 0 aliphatic heterocycles. The van der Waals surface area contributed by atoms with Crippen LogP contribution in [0.15, 0.2) is 43.0 Å². The number of urea groups is 1. The van der Waals surface area contributed by atoms with E-state index in [1.165, 1.54) is 0 Å². The van der Waals surface area contributed by atoms with Gasteiger partial charge < -0.3 is 15.3 Å². The Morgan fingerprint density at radius 3 is 2.56 bits per heavy atom. The quantitative estimate of drug-likeness (QED) is 0.674. The van der Waals surface area contributed by atoms with Crippen LogP contribution in [0.4, 0.5) is 4.79 Å². The topological polar surface area (TPSA) is 72.9 Å². The molecule has 6 heteroatoms. The van der Waals surface area contributed by atoms with E-state index in [1.807, 2.05) is 42.2 Å². The largest absolute Gasteiger partial charge is 0.480 e. The Bertz CT molecular complexity index is 585. The van der Waals surface area contributed by atoms with Gasteiger partial charge in [0.2, 0.25) is 0 Å². The fraction of sp³-hybridized carbons (Fsp3) is 0.474. The van der Waals surface area contributed by atoms with Gasteiger partial charge in [-0.2, -0.15) is 0 Å². The van der Waals surface area contributed by atoms with E-state index in [4.69, 9.17) is 5.11 Å². The van der Waals surface area contributed by atoms with Gasteiger partial charge in [0.1, 0.15) is 0 Å². The van der Waals surface area contributed by atoms with Crippen molar-refractivity contribution in [2.24, 2.45) is 0 Å². The molecule has 0 saturated heterocycles. The molecule has 0 aromatic heterocycles. The number of nitrogens with zero attached hydrogens (tertiary/aromatic N) is 2. The van der Waals surface area contributed by atoms with Gasteiger partial charge in [-0.05, 0) is 24.9 Å². The molecule has 1 fully saturated rings. The second kappa shape index (κ2) is 9.22. The third-order valence-corrected chi connectivity index (χ3v) is 4.55. The van der Waals surface area contributed by atoms with Gasteiger partial charge in [0, 0.05) is 25.2 Å². The number of amides is 2. The third kappa shape index (κ3) is 5.60. The number of carbonyl (C=O) groups is 2. The van der Waals surface area contributed by atoms with Crippen molar-refractivity contribution >= 4 is 12.0 Å². The molecule has 136 valence electrons. The third-order valence-electron chi connectivity index (χ3n) is 4.55. The van der Waals surface area contributed by atoms with Crippen LogP contribution in [0.5, 0.6) is 0 Å². The van der Waals surface area contributed by atoms with Gasteiger partial charge in [0.15, 0.2) is 0 Å². The minimum atomic E-state index is -0.811. The maximum absolute atomic E-state index is 12.5. The minimum absolute atomic E-state index is 0.0540. The number of carbonyl (C=O) groups excluding carboxylic acids is 1. The summed E-state index contributed by atoms with van der Waals surface area (Å²) in [5, 5.41) is 12.0. The number of likely N-dealkylation sites (N-methyl/N-ethyl adjacent to an activating group) is 1. The lowest BCUT2D eigenvalue weighted by atomic mass is 9.85. The van der Waals surface area contributed by atoms with Crippen molar-refractivity contribution in [3.8, 4) is 0 Å². The van der Waals surface area contributed by atoms with Crippen LogP contribution in [0.2, 0.25) is 0 Å². The van der Waals surface area contributed by atoms with Crippen molar-refractivity contribution in [2.75, 3.05) is 19.6 Å². The molecule has 0 atom stereocenters. The smallest absolute Gasteiger partial charge is 0.318 e. The Morgan fingerprint density at radius 1 is 1.32 bits per heavy atom. The lowest BCUT2D eigenvalue weighted by Crippen LogP contribution is -2.56. The van der Waals surface area contributed by atoms with Gasteiger partial charge in [0.25, 0.3) is 0 Å². The first-order chi connectivity index (χ1) is 12.0. The molecule has 0 unspecified atom stereocenters. The van der Waals surface area contributed by atoms with Gasteiger partial charge >= 0.3 is 12.0 Å². The lowest BCUT2D eigenvalue weighted by molar-refractivity contribution is -0.139. The molecule has 2 amide bonds. The highest BCUT2D eigenvalue weighted by Gasteiger charge is 2.35. The van der Waals surface area contributed by atoms with Crippen molar-refractivity contribution < 1.29 is 14.7 Å². The van der Waals surface area contributed by atoms with Crippen LogP contribution >= 0.6 is 0 Å². The fourth-order valence-electron chi connectivity index (χ4n) is 3.12. The SMILES string of the molecule is C=CCN(Cc1ccccc1)C(=O)NC1CC(N(CC)CC(=O)O)C1. The number of carboxylic acids is 1. The van der Waals surface area contributed by atoms with E-state index in [2.05, 4.69) is 11.9 Å². The molecule has 25 heavy (non-hydrogen) atoms. The first-order valence-corrected chi connectivity index (χ1v) is 8.69. The zero-order valence-electron chi connectivity index (χ0n) is 14.7. The molecule has 0 spiro atoms. The summed E-state index contributed by atoms with van der Waals surface area (Å²) in [7, 11) is 0. The predicted octanol–water partition coefficient (Wildman–Crippen LogP) is 2.32. The molecule has 1 aliphatic carbocycles. The lowest BCUT2D eigenvalue weighted by Gasteiger charge is -2.42. The van der Waals surface area contributed by atoms with Crippen molar-refractivity contribution in [1.29, 1.82) is 0 Å². The van der Waals surface area contributed by atoms with Crippen molar-refractivity contribution in [1.82, 2.24) is 15.1 Å². The van der Waals surface area contributed by atoms with E-state index in [9.17, 15) is 9.59 Å². The normalized spacial score (nSPS) is 19.1. The number of rotatable bonds is 9. The molecule has 0 radical (unpaired) electrons. The number of hydrogen-bond acceptors (Lipinski definition) is 3. The highest BCUT2D eigenvalue weighted by Crippen LogP contribution is 2.25. The van der Waals surface area contributed by atoms with Crippen LogP contribution < -0.4 is 5.32 Å². The van der Waals surface area contributed by atoms with E-state index in [0.717, 1.165) is 18.4 Å². The summed E-state index contributed by atoms with van der Waals surface area (Å²) in [4.78, 5) is 27.1. The molecular weight excluding hydrogens is 318 g/mol. The summed E-state index contributed by atoms with van der Waals surface area (Å²) >= 11 is 0. The standard InChI is InChI=1S/C19H27N3O3/c1-3-10-22(13-15-8-6-5-7-9-15)19(25)20-16-11-17(12-16)21(4-2)14-18(23)24/h3,5-9,16-17H,1,4,10-14H2,2H3,(H,20,25)(H,23,24). The molecule has 2 rings (SSSR count). The number of benzene rings is 1. The van der Waals surface area contributed by atoms with Crippen LogP contribution in [-0.4, -0.2) is 58.6 Å². The average Bonchev–Trinajstić information content (AvgIpc) is 2.56. The predicted molar refractivity (Wildman–Crippen MR) is 97.3 cm³/mol. The Morgan fingerprint density at radius 2 is 2.00 bits per heavy atom. The summed E-state index contributed by atoms with van der Waals surface area (Å²) in [6, 6.07) is 10.1. The Hall–Kier alpha value is -2.34. The van der Waals surface area contributed by atoms with Crippen LogP contribution in [0.3, 0.4) is 0 Å². The summed E-state index contributed by atoms with van der Waals surface area (Å²) in [5.74, 6) is -0.811. The molecule has 1 aliphatic rings. The highest BCUT2D eigenvalue weighted by molar-refractivity contribution is 5.75. The van der Waals surface area contributed by atoms with Crippen molar-refractivity contribution in [3.05, 3.63) is 48.6 Å². The maximum Gasteiger partial charge on any atom is 0.318 e. The highest BCUT2D eigenvalue weighted by atomic mass is 16.4. The summed E-state index contributed by atoms with van der Waals surface area (Å²) in [6.45, 7) is 7.46. The van der Waals surface area contributed by atoms with Crippen LogP contribution in [0, 0.1) is 0 Å². The summed E-state index contributed by atoms with van der Waals surface area (Å²) < 4.78 is 0. The van der Waals surface area contributed by atoms with Crippen LogP contribution in [-0.2, 0) is 11.3 Å². The van der Waals surface area contributed by atoms with Gasteiger partial charge in [-0.3, -0.25) is 9.69 Å². The molecule has 1 aromatic rings. The fourth-order valence-corrected chi connectivity index (χ4v) is 3.12. The zero-order valence-corrected chi connectivity index (χ0v) is 14.7. The minimum Gasteiger partial charge on any atom is -0.480 e. The maximum atomic E-state index is 12.5. The number of carboxylic acid groups (broad SMARTS) is 1. The number of aliphatic carboxylic acids is 1. The van der Waals surface area contributed by atoms with E-state index in [1.54, 1.807) is 11.0 Å². The summed E-state index contributed by atoms with van der Waals surface area (Å²) in [6.07, 6.45) is 3.30. The van der Waals surface area contributed by atoms with Crippen molar-refractivity contribution in [2.45, 2.75) is 38.4 Å². The van der Waals surface area contributed by atoms with Crippen LogP contribution in [0.25, 0.3) is 0 Å². The molecule has 0 bridgehead atoms. The number of hydrogen-bond donors (Lipinski definition) is 2. The van der Waals surface area contributed by atoms with Gasteiger partial charge in [0.05, 0.1) is 6.54 Å². The van der Waals surface area contributed by atoms with E-state index in [-0.39, 0.29) is 24.7 Å². The molecule has 2 N–H and O–H groups in total. The number of nitrogens with one attached hydrogen (secondary N) is 1. The van der Waals surface area contributed by atoms with Gasteiger partial charge in [-0.15, -0.1) is 6.58 Å². The van der Waals surface area contributed by atoms with Crippen LogP contribution in [0.1, 0.15) is 25.3 Å². The van der Waals surface area contributed by atoms with E-state index < -0.39 is 5.97 Å². The summed E-state index contributed by atoms with van der Waals surface area (Å²) in [5.41, 5.74) is 1.07. The first kappa shape index (κ1) is 19.0. The first-order valence-electron chi connectivity index (χ1n) is 8.69. The van der Waals surface area contributed by atoms with E-state index in [0.29, 0.717) is 19.6 Å². The van der Waals surface area contributed by atoms with Crippen molar-refractivity contribution in [3.63, 3.8) is 0 Å². The average molecular weight is 345 g/mol. The Balaban J connectivity index is 1.83. The Kier molecular flexibility index (Phi) is 7.01. The second-order valence-corrected chi connectivity index (χ2v) is 6.38. The Labute approximate surface area is 149 Å². The molecule has 0 heterocycles. The second-order valence-electron chi connectivity index (χ2n) is 6.38. The molecule has 6 nitrogen and oxygen atoms in total. The van der Waals surface area contributed by atoms with Gasteiger partial charge in [-0.25, -0.2) is 4.79 Å². The van der Waals surface area contributed by atoms with Gasteiger partial charge in [-0.1, -0.05) is 43.3 Å². The van der Waals surface area contributed by atoms with E-state index >= 15 is 0 Å². The zero-order chi connectivity index (χ0) is 18.2. The monoisotopic (exact) mass is 345 g/mol.